The molecule has 0 fully saturated rings. The molecule has 2 N–H and O–H groups in total. The predicted octanol–water partition coefficient (Wildman–Crippen LogP) is 2.17. The average molecular weight is 313 g/mol. The zero-order chi connectivity index (χ0) is 16.7. The van der Waals surface area contributed by atoms with Gasteiger partial charge in [0.15, 0.2) is 0 Å². The molecule has 1 aromatic heterocycles. The molecule has 6 heteroatoms. The number of hydrogen-bond acceptors (Lipinski definition) is 4. The Balaban J connectivity index is 1.79. The summed E-state index contributed by atoms with van der Waals surface area (Å²) < 4.78 is 5.05. The van der Waals surface area contributed by atoms with Crippen LogP contribution < -0.4 is 10.7 Å². The maximum absolute atomic E-state index is 11.6. The quantitative estimate of drug-likeness (QED) is 0.504. The number of rotatable bonds is 5. The van der Waals surface area contributed by atoms with Gasteiger partial charge in [-0.15, -0.1) is 0 Å². The van der Waals surface area contributed by atoms with Crippen molar-refractivity contribution in [2.24, 2.45) is 5.10 Å². The number of carbonyl (C=O) groups is 2. The zero-order valence-electron chi connectivity index (χ0n) is 13.1. The topological polar surface area (TPSA) is 83.7 Å². The van der Waals surface area contributed by atoms with Crippen molar-refractivity contribution in [3.63, 3.8) is 0 Å². The first-order valence-corrected chi connectivity index (χ1v) is 7.30. The lowest BCUT2D eigenvalue weighted by atomic mass is 10.0. The standard InChI is InChI=1S/C17H19N3O3/c1-12(2)14-7-5-13(6-8-14)10-19-20-17(22)16(21)18-11-15-4-3-9-23-15/h3-10,12H,11H2,1-2H3,(H,18,21)(H,20,22)/b19-10-. The highest BCUT2D eigenvalue weighted by Crippen LogP contribution is 2.13. The molecule has 2 amide bonds. The maximum Gasteiger partial charge on any atom is 0.329 e. The van der Waals surface area contributed by atoms with E-state index in [1.807, 2.05) is 24.3 Å². The van der Waals surface area contributed by atoms with Crippen molar-refractivity contribution in [1.82, 2.24) is 10.7 Å². The van der Waals surface area contributed by atoms with Crippen LogP contribution in [-0.4, -0.2) is 18.0 Å². The summed E-state index contributed by atoms with van der Waals surface area (Å²) in [5, 5.41) is 6.21. The molecule has 0 unspecified atom stereocenters. The zero-order valence-corrected chi connectivity index (χ0v) is 13.1. The molecule has 2 rings (SSSR count). The van der Waals surface area contributed by atoms with Crippen LogP contribution in [0.15, 0.2) is 52.2 Å². The summed E-state index contributed by atoms with van der Waals surface area (Å²) >= 11 is 0. The van der Waals surface area contributed by atoms with E-state index >= 15 is 0 Å². The van der Waals surface area contributed by atoms with Crippen LogP contribution >= 0.6 is 0 Å². The highest BCUT2D eigenvalue weighted by atomic mass is 16.3. The molecule has 23 heavy (non-hydrogen) atoms. The molecule has 0 radical (unpaired) electrons. The Kier molecular flexibility index (Phi) is 5.68. The third-order valence-corrected chi connectivity index (χ3v) is 3.19. The van der Waals surface area contributed by atoms with E-state index in [2.05, 4.69) is 29.7 Å². The van der Waals surface area contributed by atoms with Crippen molar-refractivity contribution in [1.29, 1.82) is 0 Å². The number of amides is 2. The molecular weight excluding hydrogens is 294 g/mol. The Labute approximate surface area is 134 Å². The van der Waals surface area contributed by atoms with Gasteiger partial charge in [0.25, 0.3) is 0 Å². The van der Waals surface area contributed by atoms with E-state index in [4.69, 9.17) is 4.42 Å². The SMILES string of the molecule is CC(C)c1ccc(/C=N\NC(=O)C(=O)NCc2ccco2)cc1. The fourth-order valence-corrected chi connectivity index (χ4v) is 1.84. The summed E-state index contributed by atoms with van der Waals surface area (Å²) in [6.07, 6.45) is 2.98. The number of carbonyl (C=O) groups excluding carboxylic acids is 2. The van der Waals surface area contributed by atoms with Gasteiger partial charge in [0.2, 0.25) is 0 Å². The van der Waals surface area contributed by atoms with Crippen LogP contribution in [-0.2, 0) is 16.1 Å². The highest BCUT2D eigenvalue weighted by Gasteiger charge is 2.12. The Morgan fingerprint density at radius 1 is 1.17 bits per heavy atom. The van der Waals surface area contributed by atoms with Crippen molar-refractivity contribution in [2.45, 2.75) is 26.3 Å². The van der Waals surface area contributed by atoms with E-state index in [0.29, 0.717) is 11.7 Å². The smallest absolute Gasteiger partial charge is 0.329 e. The Morgan fingerprint density at radius 3 is 2.52 bits per heavy atom. The normalized spacial score (nSPS) is 10.9. The van der Waals surface area contributed by atoms with Gasteiger partial charge in [-0.05, 0) is 29.2 Å². The first-order chi connectivity index (χ1) is 11.1. The van der Waals surface area contributed by atoms with Gasteiger partial charge in [-0.25, -0.2) is 5.43 Å². The largest absolute Gasteiger partial charge is 0.467 e. The second-order valence-electron chi connectivity index (χ2n) is 5.28. The predicted molar refractivity (Wildman–Crippen MR) is 86.8 cm³/mol. The lowest BCUT2D eigenvalue weighted by Gasteiger charge is -2.04. The number of furan rings is 1. The van der Waals surface area contributed by atoms with E-state index < -0.39 is 11.8 Å². The molecule has 0 aliphatic carbocycles. The van der Waals surface area contributed by atoms with E-state index in [1.54, 1.807) is 12.1 Å². The first-order valence-electron chi connectivity index (χ1n) is 7.30. The van der Waals surface area contributed by atoms with Gasteiger partial charge in [0.05, 0.1) is 19.0 Å². The van der Waals surface area contributed by atoms with Crippen molar-refractivity contribution < 1.29 is 14.0 Å². The molecule has 0 bridgehead atoms. The van der Waals surface area contributed by atoms with E-state index in [-0.39, 0.29) is 6.54 Å². The highest BCUT2D eigenvalue weighted by molar-refractivity contribution is 6.35. The maximum atomic E-state index is 11.6. The minimum absolute atomic E-state index is 0.152. The van der Waals surface area contributed by atoms with Gasteiger partial charge in [0.1, 0.15) is 5.76 Å². The van der Waals surface area contributed by atoms with Crippen molar-refractivity contribution >= 4 is 18.0 Å². The first kappa shape index (κ1) is 16.5. The van der Waals surface area contributed by atoms with Crippen LogP contribution in [0.25, 0.3) is 0 Å². The Bertz CT molecular complexity index is 674. The molecule has 0 saturated heterocycles. The minimum Gasteiger partial charge on any atom is -0.467 e. The Morgan fingerprint density at radius 2 is 1.91 bits per heavy atom. The third-order valence-electron chi connectivity index (χ3n) is 3.19. The number of nitrogens with one attached hydrogen (secondary N) is 2. The lowest BCUT2D eigenvalue weighted by molar-refractivity contribution is -0.139. The molecular formula is C17H19N3O3. The summed E-state index contributed by atoms with van der Waals surface area (Å²) in [6.45, 7) is 4.38. The van der Waals surface area contributed by atoms with Crippen LogP contribution in [0.1, 0.15) is 36.7 Å². The van der Waals surface area contributed by atoms with Gasteiger partial charge in [-0.3, -0.25) is 9.59 Å². The average Bonchev–Trinajstić information content (AvgIpc) is 3.06. The fraction of sp³-hybridized carbons (Fsp3) is 0.235. The van der Waals surface area contributed by atoms with Crippen LogP contribution in [0.3, 0.4) is 0 Å². The minimum atomic E-state index is -0.827. The van der Waals surface area contributed by atoms with E-state index in [0.717, 1.165) is 5.56 Å². The molecule has 0 saturated carbocycles. The number of nitrogens with zero attached hydrogens (tertiary/aromatic N) is 1. The van der Waals surface area contributed by atoms with Gasteiger partial charge in [-0.2, -0.15) is 5.10 Å². The van der Waals surface area contributed by atoms with E-state index in [9.17, 15) is 9.59 Å². The second-order valence-corrected chi connectivity index (χ2v) is 5.28. The summed E-state index contributed by atoms with van der Waals surface area (Å²) in [5.41, 5.74) is 4.25. The fourth-order valence-electron chi connectivity index (χ4n) is 1.84. The van der Waals surface area contributed by atoms with Crippen molar-refractivity contribution in [2.75, 3.05) is 0 Å². The third kappa shape index (κ3) is 5.10. The summed E-state index contributed by atoms with van der Waals surface area (Å²) in [5.74, 6) is -0.571. The van der Waals surface area contributed by atoms with Crippen LogP contribution in [0.5, 0.6) is 0 Å². The molecule has 0 atom stereocenters. The monoisotopic (exact) mass is 313 g/mol. The van der Waals surface area contributed by atoms with E-state index in [1.165, 1.54) is 18.0 Å². The molecule has 0 spiro atoms. The lowest BCUT2D eigenvalue weighted by Crippen LogP contribution is -2.37. The molecule has 2 aromatic rings. The van der Waals surface area contributed by atoms with Crippen molar-refractivity contribution in [3.8, 4) is 0 Å². The van der Waals surface area contributed by atoms with Crippen LogP contribution in [0.4, 0.5) is 0 Å². The number of hydrogen-bond donors (Lipinski definition) is 2. The molecule has 0 aliphatic heterocycles. The van der Waals surface area contributed by atoms with Gasteiger partial charge in [-0.1, -0.05) is 38.1 Å². The number of hydrazone groups is 1. The number of benzene rings is 1. The molecule has 1 aromatic carbocycles. The second kappa shape index (κ2) is 7.93. The summed E-state index contributed by atoms with van der Waals surface area (Å²) in [4.78, 5) is 23.1. The molecule has 1 heterocycles. The summed E-state index contributed by atoms with van der Waals surface area (Å²) in [6, 6.07) is 11.2. The van der Waals surface area contributed by atoms with Crippen molar-refractivity contribution in [3.05, 3.63) is 59.5 Å². The Hall–Kier alpha value is -2.89. The molecule has 6 nitrogen and oxygen atoms in total. The van der Waals surface area contributed by atoms with Crippen LogP contribution in [0, 0.1) is 0 Å². The van der Waals surface area contributed by atoms with Crippen LogP contribution in [0.2, 0.25) is 0 Å². The molecule has 120 valence electrons. The van der Waals surface area contributed by atoms with Gasteiger partial charge < -0.3 is 9.73 Å². The van der Waals surface area contributed by atoms with Gasteiger partial charge in [0, 0.05) is 0 Å². The van der Waals surface area contributed by atoms with Gasteiger partial charge >= 0.3 is 11.8 Å². The summed E-state index contributed by atoms with van der Waals surface area (Å²) in [7, 11) is 0. The molecule has 0 aliphatic rings.